The molecule has 1 aliphatic rings. The number of rotatable bonds is 1. The predicted molar refractivity (Wildman–Crippen MR) is 53.9 cm³/mol. The minimum atomic E-state index is 0.116. The van der Waals surface area contributed by atoms with Crippen molar-refractivity contribution in [3.05, 3.63) is 33.2 Å². The second-order valence-corrected chi connectivity index (χ2v) is 3.93. The Balaban J connectivity index is 2.79. The first-order chi connectivity index (χ1) is 6.18. The number of hydrogen-bond acceptors (Lipinski definition) is 2. The molecule has 0 saturated carbocycles. The van der Waals surface area contributed by atoms with E-state index < -0.39 is 0 Å². The SMILES string of the molecule is CC(=O)C1=c2ccc(Br)cc2=NC1. The van der Waals surface area contributed by atoms with Gasteiger partial charge in [0.25, 0.3) is 0 Å². The Labute approximate surface area is 84.1 Å². The van der Waals surface area contributed by atoms with Crippen LogP contribution in [-0.2, 0) is 4.79 Å². The highest BCUT2D eigenvalue weighted by atomic mass is 79.9. The van der Waals surface area contributed by atoms with E-state index >= 15 is 0 Å². The summed E-state index contributed by atoms with van der Waals surface area (Å²) in [6.07, 6.45) is 0. The Morgan fingerprint density at radius 2 is 2.31 bits per heavy atom. The number of carbonyl (C=O) groups is 1. The van der Waals surface area contributed by atoms with Crippen molar-refractivity contribution >= 4 is 27.3 Å². The minimum absolute atomic E-state index is 0.116. The number of carbonyl (C=O) groups excluding carboxylic acids is 1. The van der Waals surface area contributed by atoms with Crippen LogP contribution in [0, 0.1) is 0 Å². The molecule has 2 nitrogen and oxygen atoms in total. The summed E-state index contributed by atoms with van der Waals surface area (Å²) in [6.45, 7) is 2.11. The normalized spacial score (nSPS) is 13.8. The van der Waals surface area contributed by atoms with Crippen molar-refractivity contribution < 1.29 is 4.79 Å². The molecule has 2 rings (SSSR count). The van der Waals surface area contributed by atoms with Crippen LogP contribution in [-0.4, -0.2) is 12.3 Å². The maximum atomic E-state index is 11.2. The third kappa shape index (κ3) is 1.44. The fraction of sp³-hybridized carbons (Fsp3) is 0.200. The molecule has 0 aromatic heterocycles. The van der Waals surface area contributed by atoms with Crippen LogP contribution < -0.4 is 10.6 Å². The molecule has 0 radical (unpaired) electrons. The molecular formula is C10H8BrNO. The van der Waals surface area contributed by atoms with Gasteiger partial charge in [0.2, 0.25) is 0 Å². The van der Waals surface area contributed by atoms with Crippen LogP contribution in [0.25, 0.3) is 5.57 Å². The summed E-state index contributed by atoms with van der Waals surface area (Å²) in [5.41, 5.74) is 0.822. The fourth-order valence-corrected chi connectivity index (χ4v) is 1.79. The van der Waals surface area contributed by atoms with E-state index in [0.29, 0.717) is 6.54 Å². The van der Waals surface area contributed by atoms with E-state index in [4.69, 9.17) is 0 Å². The topological polar surface area (TPSA) is 29.4 Å². The van der Waals surface area contributed by atoms with Crippen LogP contribution in [0.4, 0.5) is 0 Å². The largest absolute Gasteiger partial charge is 0.295 e. The maximum Gasteiger partial charge on any atom is 0.158 e. The van der Waals surface area contributed by atoms with Gasteiger partial charge in [-0.05, 0) is 19.1 Å². The number of fused-ring (bicyclic) bond motifs is 1. The Hall–Kier alpha value is -0.960. The summed E-state index contributed by atoms with van der Waals surface area (Å²) in [6, 6.07) is 5.81. The van der Waals surface area contributed by atoms with Crippen molar-refractivity contribution in [3.63, 3.8) is 0 Å². The summed E-state index contributed by atoms with van der Waals surface area (Å²) in [5, 5.41) is 1.90. The molecule has 0 amide bonds. The van der Waals surface area contributed by atoms with Crippen LogP contribution in [0.2, 0.25) is 0 Å². The number of ketones is 1. The molecule has 0 unspecified atom stereocenters. The van der Waals surface area contributed by atoms with Gasteiger partial charge in [-0.3, -0.25) is 9.79 Å². The second-order valence-electron chi connectivity index (χ2n) is 3.01. The van der Waals surface area contributed by atoms with E-state index in [1.807, 2.05) is 18.2 Å². The maximum absolute atomic E-state index is 11.2. The van der Waals surface area contributed by atoms with E-state index in [9.17, 15) is 4.79 Å². The van der Waals surface area contributed by atoms with E-state index in [2.05, 4.69) is 20.9 Å². The molecule has 3 heteroatoms. The van der Waals surface area contributed by atoms with Gasteiger partial charge in [0.05, 0.1) is 11.9 Å². The van der Waals surface area contributed by atoms with Crippen molar-refractivity contribution in [2.75, 3.05) is 6.54 Å². The molecule has 66 valence electrons. The van der Waals surface area contributed by atoms with Gasteiger partial charge >= 0.3 is 0 Å². The highest BCUT2D eigenvalue weighted by Gasteiger charge is 2.10. The Kier molecular flexibility index (Phi) is 2.04. The van der Waals surface area contributed by atoms with Crippen molar-refractivity contribution in [2.45, 2.75) is 6.92 Å². The molecule has 1 heterocycles. The summed E-state index contributed by atoms with van der Waals surface area (Å²) in [7, 11) is 0. The zero-order valence-electron chi connectivity index (χ0n) is 7.17. The average molecular weight is 238 g/mol. The lowest BCUT2D eigenvalue weighted by atomic mass is 10.1. The Bertz CT molecular complexity index is 490. The van der Waals surface area contributed by atoms with Gasteiger partial charge in [-0.2, -0.15) is 0 Å². The molecule has 0 saturated heterocycles. The van der Waals surface area contributed by atoms with Crippen LogP contribution in [0.3, 0.4) is 0 Å². The Morgan fingerprint density at radius 1 is 1.54 bits per heavy atom. The van der Waals surface area contributed by atoms with Crippen molar-refractivity contribution in [3.8, 4) is 0 Å². The lowest BCUT2D eigenvalue weighted by molar-refractivity contribution is -0.112. The molecule has 0 aliphatic carbocycles. The molecule has 1 aromatic carbocycles. The first-order valence-electron chi connectivity index (χ1n) is 4.02. The first kappa shape index (κ1) is 8.63. The average Bonchev–Trinajstić information content (AvgIpc) is 2.46. The standard InChI is InChI=1S/C10H8BrNO/c1-6(13)9-5-12-10-4-7(11)2-3-8(9)10/h2-4H,5H2,1H3. The lowest BCUT2D eigenvalue weighted by Gasteiger charge is -1.91. The smallest absolute Gasteiger partial charge is 0.158 e. The molecule has 0 fully saturated rings. The molecule has 0 N–H and O–H groups in total. The predicted octanol–water partition coefficient (Wildman–Crippen LogP) is 0.822. The van der Waals surface area contributed by atoms with Gasteiger partial charge in [-0.1, -0.05) is 22.0 Å². The first-order valence-corrected chi connectivity index (χ1v) is 4.82. The Morgan fingerprint density at radius 3 is 3.00 bits per heavy atom. The van der Waals surface area contributed by atoms with Crippen LogP contribution in [0.15, 0.2) is 27.7 Å². The zero-order chi connectivity index (χ0) is 9.42. The quantitative estimate of drug-likeness (QED) is 0.712. The number of halogens is 1. The lowest BCUT2D eigenvalue weighted by Crippen LogP contribution is -2.24. The second kappa shape index (κ2) is 3.07. The van der Waals surface area contributed by atoms with E-state index in [1.54, 1.807) is 6.92 Å². The van der Waals surface area contributed by atoms with Crippen molar-refractivity contribution in [1.82, 2.24) is 0 Å². The molecule has 0 spiro atoms. The third-order valence-electron chi connectivity index (χ3n) is 2.12. The molecule has 1 aromatic rings. The molecule has 13 heavy (non-hydrogen) atoms. The van der Waals surface area contributed by atoms with Crippen LogP contribution >= 0.6 is 15.9 Å². The van der Waals surface area contributed by atoms with Gasteiger partial charge in [-0.25, -0.2) is 0 Å². The van der Waals surface area contributed by atoms with Crippen molar-refractivity contribution in [2.24, 2.45) is 4.99 Å². The third-order valence-corrected chi connectivity index (χ3v) is 2.61. The molecule has 0 bridgehead atoms. The number of nitrogens with zero attached hydrogens (tertiary/aromatic N) is 1. The fourth-order valence-electron chi connectivity index (χ4n) is 1.44. The highest BCUT2D eigenvalue weighted by molar-refractivity contribution is 9.10. The van der Waals surface area contributed by atoms with E-state index in [1.165, 1.54) is 0 Å². The van der Waals surface area contributed by atoms with Gasteiger partial charge in [0.15, 0.2) is 5.78 Å². The van der Waals surface area contributed by atoms with Crippen LogP contribution in [0.5, 0.6) is 0 Å². The van der Waals surface area contributed by atoms with E-state index in [-0.39, 0.29) is 5.78 Å². The van der Waals surface area contributed by atoms with Crippen molar-refractivity contribution in [1.29, 1.82) is 0 Å². The van der Waals surface area contributed by atoms with Crippen LogP contribution in [0.1, 0.15) is 6.92 Å². The molecular weight excluding hydrogens is 230 g/mol. The van der Waals surface area contributed by atoms with Gasteiger partial charge in [-0.15, -0.1) is 0 Å². The van der Waals surface area contributed by atoms with Gasteiger partial charge in [0, 0.05) is 15.3 Å². The van der Waals surface area contributed by atoms with Gasteiger partial charge < -0.3 is 0 Å². The molecule has 0 atom stereocenters. The number of benzene rings is 1. The minimum Gasteiger partial charge on any atom is -0.295 e. The molecule has 1 aliphatic heterocycles. The number of Topliss-reactive ketones (excluding diaryl/α,β-unsaturated/α-hetero) is 1. The zero-order valence-corrected chi connectivity index (χ0v) is 8.76. The summed E-state index contributed by atoms with van der Waals surface area (Å²) < 4.78 is 1.000. The van der Waals surface area contributed by atoms with Gasteiger partial charge in [0.1, 0.15) is 0 Å². The van der Waals surface area contributed by atoms with E-state index in [0.717, 1.165) is 20.6 Å². The monoisotopic (exact) mass is 237 g/mol. The summed E-state index contributed by atoms with van der Waals surface area (Å²) in [5.74, 6) is 0.116. The summed E-state index contributed by atoms with van der Waals surface area (Å²) >= 11 is 3.37. The summed E-state index contributed by atoms with van der Waals surface area (Å²) in [4.78, 5) is 15.5. The number of hydrogen-bond donors (Lipinski definition) is 0. The highest BCUT2D eigenvalue weighted by Crippen LogP contribution is 2.05.